The van der Waals surface area contributed by atoms with Crippen molar-refractivity contribution < 1.29 is 56.2 Å². The summed E-state index contributed by atoms with van der Waals surface area (Å²) in [5.41, 5.74) is 0. The number of aliphatic hydroxyl groups excluding tert-OH is 3. The Labute approximate surface area is 349 Å². The number of carbonyl (C=O) groups is 1. The van der Waals surface area contributed by atoms with E-state index in [9.17, 15) is 28.5 Å². The van der Waals surface area contributed by atoms with Crippen molar-refractivity contribution in [2.45, 2.75) is 166 Å². The zero-order valence-electron chi connectivity index (χ0n) is 35.1. The van der Waals surface area contributed by atoms with Crippen LogP contribution in [0.25, 0.3) is 0 Å². The van der Waals surface area contributed by atoms with E-state index in [1.54, 1.807) is 0 Å². The minimum Gasteiger partial charge on any atom is -0.457 e. The van der Waals surface area contributed by atoms with Crippen LogP contribution in [0.5, 0.6) is 0 Å². The van der Waals surface area contributed by atoms with Crippen LogP contribution in [0, 0.1) is 0 Å². The molecular weight excluding hydrogens is 765 g/mol. The smallest absolute Gasteiger partial charge is 0.397 e. The number of allylic oxidation sites excluding steroid dienone is 14. The molecule has 0 saturated carbocycles. The van der Waals surface area contributed by atoms with E-state index in [0.29, 0.717) is 13.0 Å². The van der Waals surface area contributed by atoms with Gasteiger partial charge in [-0.1, -0.05) is 125 Å². The van der Waals surface area contributed by atoms with Gasteiger partial charge in [-0.05, 0) is 83.5 Å². The SMILES string of the molecule is CC/C=C\C/C=C\C/C=C\C/C=C\CCCCCCCOCC(COC1OC(CO)C(O)C(OS(=O)(=O)O)C1O)OC(=O)CCCCC/C=C\C/C=C\C/C=C\CC. The van der Waals surface area contributed by atoms with Gasteiger partial charge in [0, 0.05) is 13.0 Å². The number of hydrogen-bond acceptors (Lipinski definition) is 11. The third-order valence-electron chi connectivity index (χ3n) is 9.01. The molecule has 6 unspecified atom stereocenters. The minimum atomic E-state index is -5.07. The van der Waals surface area contributed by atoms with E-state index in [0.717, 1.165) is 103 Å². The van der Waals surface area contributed by atoms with E-state index in [-0.39, 0.29) is 19.6 Å². The first-order valence-corrected chi connectivity index (χ1v) is 22.7. The lowest BCUT2D eigenvalue weighted by Gasteiger charge is -2.41. The van der Waals surface area contributed by atoms with Gasteiger partial charge < -0.3 is 34.3 Å². The normalized spacial score (nSPS) is 21.4. The average molecular weight is 839 g/mol. The Balaban J connectivity index is 2.49. The van der Waals surface area contributed by atoms with Crippen LogP contribution in [0.15, 0.2) is 85.1 Å². The van der Waals surface area contributed by atoms with Crippen LogP contribution >= 0.6 is 0 Å². The summed E-state index contributed by atoms with van der Waals surface area (Å²) in [6.45, 7) is 3.64. The predicted octanol–water partition coefficient (Wildman–Crippen LogP) is 8.51. The van der Waals surface area contributed by atoms with Gasteiger partial charge in [0.15, 0.2) is 6.29 Å². The van der Waals surface area contributed by atoms with E-state index < -0.39 is 59.8 Å². The van der Waals surface area contributed by atoms with Crippen molar-refractivity contribution in [1.82, 2.24) is 0 Å². The molecule has 4 N–H and O–H groups in total. The molecule has 0 aromatic heterocycles. The summed E-state index contributed by atoms with van der Waals surface area (Å²) in [5.74, 6) is -0.440. The molecule has 1 saturated heterocycles. The Morgan fingerprint density at radius 2 is 1.14 bits per heavy atom. The quantitative estimate of drug-likeness (QED) is 0.0207. The number of hydrogen-bond donors (Lipinski definition) is 4. The van der Waals surface area contributed by atoms with E-state index in [4.69, 9.17) is 23.5 Å². The molecule has 332 valence electrons. The summed E-state index contributed by atoms with van der Waals surface area (Å²) >= 11 is 0. The van der Waals surface area contributed by atoms with E-state index in [2.05, 4.69) is 103 Å². The molecule has 0 aromatic carbocycles. The first kappa shape index (κ1) is 53.3. The zero-order chi connectivity index (χ0) is 42.5. The van der Waals surface area contributed by atoms with Gasteiger partial charge in [0.1, 0.15) is 30.5 Å². The first-order valence-electron chi connectivity index (χ1n) is 21.3. The lowest BCUT2D eigenvalue weighted by molar-refractivity contribution is -0.301. The summed E-state index contributed by atoms with van der Waals surface area (Å²) in [5, 5.41) is 30.6. The van der Waals surface area contributed by atoms with Gasteiger partial charge in [0.05, 0.1) is 19.8 Å². The molecule has 0 aromatic rings. The summed E-state index contributed by atoms with van der Waals surface area (Å²) in [6, 6.07) is 0. The highest BCUT2D eigenvalue weighted by molar-refractivity contribution is 7.80. The maximum atomic E-state index is 12.8. The fourth-order valence-electron chi connectivity index (χ4n) is 5.85. The Morgan fingerprint density at radius 3 is 1.66 bits per heavy atom. The number of esters is 1. The van der Waals surface area contributed by atoms with E-state index in [1.165, 1.54) is 0 Å². The minimum absolute atomic E-state index is 0.00548. The van der Waals surface area contributed by atoms with Crippen LogP contribution in [0.1, 0.15) is 129 Å². The number of carbonyl (C=O) groups excluding carboxylic acids is 1. The number of ether oxygens (including phenoxy) is 4. The van der Waals surface area contributed by atoms with Gasteiger partial charge in [0.2, 0.25) is 0 Å². The van der Waals surface area contributed by atoms with Crippen molar-refractivity contribution in [3.8, 4) is 0 Å². The van der Waals surface area contributed by atoms with E-state index >= 15 is 0 Å². The van der Waals surface area contributed by atoms with Gasteiger partial charge in [-0.15, -0.1) is 0 Å². The Hall–Kier alpha value is -2.72. The lowest BCUT2D eigenvalue weighted by Crippen LogP contribution is -2.60. The van der Waals surface area contributed by atoms with Crippen molar-refractivity contribution >= 4 is 16.4 Å². The molecule has 1 aliphatic rings. The fraction of sp³-hybridized carbons (Fsp3) is 0.667. The summed E-state index contributed by atoms with van der Waals surface area (Å²) < 4.78 is 58.9. The topological polar surface area (TPSA) is 178 Å². The fourth-order valence-corrected chi connectivity index (χ4v) is 6.36. The summed E-state index contributed by atoms with van der Waals surface area (Å²) in [6.07, 6.45) is 37.7. The average Bonchev–Trinajstić information content (AvgIpc) is 3.19. The highest BCUT2D eigenvalue weighted by atomic mass is 32.3. The maximum absolute atomic E-state index is 12.8. The molecule has 6 atom stereocenters. The Bertz CT molecular complexity index is 1340. The van der Waals surface area contributed by atoms with Crippen molar-refractivity contribution in [1.29, 1.82) is 0 Å². The van der Waals surface area contributed by atoms with Crippen molar-refractivity contribution in [2.24, 2.45) is 0 Å². The molecule has 1 rings (SSSR count). The van der Waals surface area contributed by atoms with Gasteiger partial charge >= 0.3 is 16.4 Å². The van der Waals surface area contributed by atoms with Gasteiger partial charge in [-0.25, -0.2) is 4.18 Å². The molecule has 58 heavy (non-hydrogen) atoms. The molecule has 0 radical (unpaired) electrons. The van der Waals surface area contributed by atoms with Gasteiger partial charge in [-0.2, -0.15) is 8.42 Å². The van der Waals surface area contributed by atoms with Crippen LogP contribution in [0.2, 0.25) is 0 Å². The molecule has 1 aliphatic heterocycles. The molecule has 1 fully saturated rings. The molecular formula is C45H74O12S. The molecule has 0 spiro atoms. The second kappa shape index (κ2) is 36.2. The van der Waals surface area contributed by atoms with Crippen LogP contribution in [-0.2, 0) is 38.3 Å². The third-order valence-corrected chi connectivity index (χ3v) is 9.48. The standard InChI is InChI=1S/C45H74O12S/c1-3-5-7-9-11-13-15-17-18-19-20-21-23-25-27-29-31-33-35-53-37-39(38-54-45-43(49)44(57-58(50,51)52)42(48)40(36-46)56-45)55-41(47)34-32-30-28-26-24-22-16-14-12-10-8-6-4-2/h5-8,11-14,17-18,20-22,24,39-40,42-46,48-49H,3-4,9-10,15-16,19,23,25-38H2,1-2H3,(H,50,51,52)/b7-5-,8-6-,13-11-,14-12-,18-17-,21-20-,24-22-. The van der Waals surface area contributed by atoms with Crippen molar-refractivity contribution in [3.05, 3.63) is 85.1 Å². The number of aliphatic hydroxyl groups is 3. The van der Waals surface area contributed by atoms with Crippen LogP contribution < -0.4 is 0 Å². The maximum Gasteiger partial charge on any atom is 0.397 e. The molecule has 13 heteroatoms. The Kier molecular flexibility index (Phi) is 33.2. The molecule has 0 aliphatic carbocycles. The molecule has 0 amide bonds. The van der Waals surface area contributed by atoms with Gasteiger partial charge in [0.25, 0.3) is 0 Å². The van der Waals surface area contributed by atoms with Crippen molar-refractivity contribution in [3.63, 3.8) is 0 Å². The van der Waals surface area contributed by atoms with Gasteiger partial charge in [-0.3, -0.25) is 9.35 Å². The van der Waals surface area contributed by atoms with Crippen LogP contribution in [0.3, 0.4) is 0 Å². The lowest BCUT2D eigenvalue weighted by atomic mass is 9.99. The Morgan fingerprint density at radius 1 is 0.655 bits per heavy atom. The highest BCUT2D eigenvalue weighted by Crippen LogP contribution is 2.26. The highest BCUT2D eigenvalue weighted by Gasteiger charge is 2.48. The second-order valence-electron chi connectivity index (χ2n) is 14.2. The molecule has 12 nitrogen and oxygen atoms in total. The molecule has 1 heterocycles. The largest absolute Gasteiger partial charge is 0.457 e. The van der Waals surface area contributed by atoms with Crippen LogP contribution in [0.4, 0.5) is 0 Å². The molecule has 0 bridgehead atoms. The number of unbranched alkanes of at least 4 members (excludes halogenated alkanes) is 8. The monoisotopic (exact) mass is 838 g/mol. The first-order chi connectivity index (χ1) is 28.1. The summed E-state index contributed by atoms with van der Waals surface area (Å²) in [7, 11) is -5.07. The van der Waals surface area contributed by atoms with Crippen LogP contribution in [-0.4, -0.2) is 97.5 Å². The zero-order valence-corrected chi connectivity index (χ0v) is 35.9. The predicted molar refractivity (Wildman–Crippen MR) is 229 cm³/mol. The third kappa shape index (κ3) is 29.5. The number of rotatable bonds is 35. The van der Waals surface area contributed by atoms with Crippen molar-refractivity contribution in [2.75, 3.05) is 26.4 Å². The second-order valence-corrected chi connectivity index (χ2v) is 15.2. The van der Waals surface area contributed by atoms with E-state index in [1.807, 2.05) is 0 Å². The summed E-state index contributed by atoms with van der Waals surface area (Å²) in [4.78, 5) is 12.8.